The number of hydrogen-bond acceptors (Lipinski definition) is 1. The van der Waals surface area contributed by atoms with Gasteiger partial charge in [-0.25, -0.2) is 0 Å². The van der Waals surface area contributed by atoms with E-state index >= 15 is 0 Å². The normalized spacial score (nSPS) is 26.1. The van der Waals surface area contributed by atoms with Crippen LogP contribution >= 0.6 is 15.9 Å². The van der Waals surface area contributed by atoms with Crippen LogP contribution in [0.4, 0.5) is 5.69 Å². The van der Waals surface area contributed by atoms with Crippen LogP contribution in [0.5, 0.6) is 0 Å². The fourth-order valence-electron chi connectivity index (χ4n) is 3.75. The lowest BCUT2D eigenvalue weighted by molar-refractivity contribution is 0.424. The third-order valence-corrected chi connectivity index (χ3v) is 5.48. The number of hydrogen-bond donors (Lipinski definition) is 1. The molecule has 0 spiro atoms. The van der Waals surface area contributed by atoms with Crippen LogP contribution < -0.4 is 5.32 Å². The summed E-state index contributed by atoms with van der Waals surface area (Å²) < 4.78 is 1.20. The van der Waals surface area contributed by atoms with Crippen LogP contribution in [0.3, 0.4) is 0 Å². The van der Waals surface area contributed by atoms with Gasteiger partial charge in [0.15, 0.2) is 0 Å². The summed E-state index contributed by atoms with van der Waals surface area (Å²) in [6.45, 7) is 2.17. The van der Waals surface area contributed by atoms with Gasteiger partial charge in [0, 0.05) is 16.1 Å². The maximum Gasteiger partial charge on any atom is 0.0565 e. The monoisotopic (exact) mass is 339 g/mol. The highest BCUT2D eigenvalue weighted by Crippen LogP contribution is 2.50. The highest BCUT2D eigenvalue weighted by Gasteiger charge is 2.38. The summed E-state index contributed by atoms with van der Waals surface area (Å²) in [6.07, 6.45) is 5.89. The Morgan fingerprint density at radius 2 is 1.95 bits per heavy atom. The average molecular weight is 340 g/mol. The Labute approximate surface area is 134 Å². The lowest BCUT2D eigenvalue weighted by Crippen LogP contribution is -2.29. The molecule has 0 fully saturated rings. The van der Waals surface area contributed by atoms with Gasteiger partial charge in [0.2, 0.25) is 0 Å². The Hall–Kier alpha value is -1.54. The molecule has 3 atom stereocenters. The summed E-state index contributed by atoms with van der Waals surface area (Å²) >= 11 is 3.72. The van der Waals surface area contributed by atoms with Gasteiger partial charge >= 0.3 is 0 Å². The first-order valence-electron chi connectivity index (χ1n) is 7.52. The zero-order valence-electron chi connectivity index (χ0n) is 12.0. The van der Waals surface area contributed by atoms with Crippen molar-refractivity contribution in [1.82, 2.24) is 0 Å². The molecule has 1 nitrogen and oxygen atoms in total. The predicted molar refractivity (Wildman–Crippen MR) is 91.7 cm³/mol. The minimum atomic E-state index is 0.371. The van der Waals surface area contributed by atoms with E-state index in [4.69, 9.17) is 0 Å². The second-order valence-corrected chi connectivity index (χ2v) is 6.94. The molecule has 2 heteroatoms. The first-order valence-corrected chi connectivity index (χ1v) is 8.31. The smallest absolute Gasteiger partial charge is 0.0565 e. The van der Waals surface area contributed by atoms with E-state index in [1.165, 1.54) is 26.9 Å². The predicted octanol–water partition coefficient (Wildman–Crippen LogP) is 5.58. The van der Waals surface area contributed by atoms with Gasteiger partial charge in [-0.2, -0.15) is 0 Å². The van der Waals surface area contributed by atoms with Crippen LogP contribution in [0.15, 0.2) is 59.1 Å². The molecule has 0 amide bonds. The van der Waals surface area contributed by atoms with E-state index < -0.39 is 0 Å². The molecule has 4 rings (SSSR count). The Kier molecular flexibility index (Phi) is 3.15. The molecule has 1 aliphatic heterocycles. The van der Waals surface area contributed by atoms with Crippen molar-refractivity contribution in [2.75, 3.05) is 5.32 Å². The number of rotatable bonds is 1. The molecule has 0 saturated carbocycles. The summed E-state index contributed by atoms with van der Waals surface area (Å²) in [5, 5.41) is 3.78. The zero-order chi connectivity index (χ0) is 14.4. The summed E-state index contributed by atoms with van der Waals surface area (Å²) in [4.78, 5) is 0. The molecule has 106 valence electrons. The quantitative estimate of drug-likeness (QED) is 0.668. The summed E-state index contributed by atoms with van der Waals surface area (Å²) in [5.74, 6) is 1.15. The van der Waals surface area contributed by atoms with E-state index in [0.717, 1.165) is 6.42 Å². The van der Waals surface area contributed by atoms with Crippen molar-refractivity contribution in [2.45, 2.75) is 25.3 Å². The number of aryl methyl sites for hydroxylation is 1. The number of benzene rings is 2. The van der Waals surface area contributed by atoms with Crippen molar-refractivity contribution >= 4 is 21.6 Å². The second-order valence-electron chi connectivity index (χ2n) is 6.09. The van der Waals surface area contributed by atoms with Gasteiger partial charge in [-0.3, -0.25) is 0 Å². The van der Waals surface area contributed by atoms with Gasteiger partial charge < -0.3 is 5.32 Å². The van der Waals surface area contributed by atoms with Crippen LogP contribution in [-0.4, -0.2) is 0 Å². The van der Waals surface area contributed by atoms with Crippen molar-refractivity contribution in [2.24, 2.45) is 5.92 Å². The average Bonchev–Trinajstić information content (AvgIpc) is 2.97. The Morgan fingerprint density at radius 1 is 1.10 bits per heavy atom. The van der Waals surface area contributed by atoms with Crippen molar-refractivity contribution in [3.05, 3.63) is 75.8 Å². The van der Waals surface area contributed by atoms with Crippen LogP contribution in [0.1, 0.15) is 35.1 Å². The molecule has 3 unspecified atom stereocenters. The molecule has 0 bridgehead atoms. The largest absolute Gasteiger partial charge is 0.378 e. The van der Waals surface area contributed by atoms with Gasteiger partial charge in [0.1, 0.15) is 0 Å². The molecule has 2 aromatic rings. The first-order chi connectivity index (χ1) is 10.2. The van der Waals surface area contributed by atoms with Crippen molar-refractivity contribution in [3.63, 3.8) is 0 Å². The Balaban J connectivity index is 1.82. The number of anilines is 1. The van der Waals surface area contributed by atoms with Gasteiger partial charge in [-0.05, 0) is 42.5 Å². The number of halogens is 1. The maximum absolute atomic E-state index is 3.78. The molecule has 1 heterocycles. The van der Waals surface area contributed by atoms with Crippen molar-refractivity contribution in [3.8, 4) is 0 Å². The molecule has 2 aromatic carbocycles. The van der Waals surface area contributed by atoms with Crippen LogP contribution in [0.2, 0.25) is 0 Å². The van der Waals surface area contributed by atoms with E-state index in [9.17, 15) is 0 Å². The lowest BCUT2D eigenvalue weighted by atomic mass is 9.77. The van der Waals surface area contributed by atoms with Crippen LogP contribution in [0, 0.1) is 12.8 Å². The molecule has 0 radical (unpaired) electrons. The molecular weight excluding hydrogens is 322 g/mol. The van der Waals surface area contributed by atoms with E-state index in [0.29, 0.717) is 17.9 Å². The highest BCUT2D eigenvalue weighted by molar-refractivity contribution is 9.10. The fourth-order valence-corrected chi connectivity index (χ4v) is 4.28. The van der Waals surface area contributed by atoms with Crippen LogP contribution in [0.25, 0.3) is 0 Å². The standard InChI is InChI=1S/C19H18BrN/c1-12-9-10-18-16(11-12)13-6-4-7-14(13)19(21-18)15-5-2-3-8-17(15)20/h2-6,8-11,13-14,19,21H,7H2,1H3. The zero-order valence-corrected chi connectivity index (χ0v) is 13.6. The van der Waals surface area contributed by atoms with E-state index in [1.54, 1.807) is 0 Å². The summed E-state index contributed by atoms with van der Waals surface area (Å²) in [7, 11) is 0. The van der Waals surface area contributed by atoms with Gasteiger partial charge in [0.05, 0.1) is 6.04 Å². The maximum atomic E-state index is 3.78. The number of fused-ring (bicyclic) bond motifs is 3. The summed E-state index contributed by atoms with van der Waals surface area (Å²) in [5.41, 5.74) is 5.45. The third kappa shape index (κ3) is 2.13. The third-order valence-electron chi connectivity index (χ3n) is 4.76. The molecule has 0 saturated heterocycles. The molecular formula is C19H18BrN. The molecule has 1 N–H and O–H groups in total. The lowest BCUT2D eigenvalue weighted by Gasteiger charge is -2.38. The SMILES string of the molecule is Cc1ccc2c(c1)C1C=CCC1C(c1ccccc1Br)N2. The first kappa shape index (κ1) is 13.1. The number of allylic oxidation sites excluding steroid dienone is 2. The minimum Gasteiger partial charge on any atom is -0.378 e. The van der Waals surface area contributed by atoms with Crippen LogP contribution in [-0.2, 0) is 0 Å². The van der Waals surface area contributed by atoms with Crippen molar-refractivity contribution < 1.29 is 0 Å². The van der Waals surface area contributed by atoms with E-state index in [1.807, 2.05) is 0 Å². The summed E-state index contributed by atoms with van der Waals surface area (Å²) in [6, 6.07) is 15.7. The molecule has 2 aliphatic rings. The van der Waals surface area contributed by atoms with Gasteiger partial charge in [-0.15, -0.1) is 0 Å². The number of nitrogens with one attached hydrogen (secondary N) is 1. The Bertz CT molecular complexity index is 719. The Morgan fingerprint density at radius 3 is 2.81 bits per heavy atom. The second kappa shape index (κ2) is 5.03. The molecule has 0 aromatic heterocycles. The van der Waals surface area contributed by atoms with E-state index in [2.05, 4.69) is 82.8 Å². The van der Waals surface area contributed by atoms with Gasteiger partial charge in [0.25, 0.3) is 0 Å². The topological polar surface area (TPSA) is 12.0 Å². The molecule has 1 aliphatic carbocycles. The van der Waals surface area contributed by atoms with Crippen molar-refractivity contribution in [1.29, 1.82) is 0 Å². The highest BCUT2D eigenvalue weighted by atomic mass is 79.9. The molecule has 21 heavy (non-hydrogen) atoms. The van der Waals surface area contributed by atoms with Gasteiger partial charge in [-0.1, -0.05) is 64.0 Å². The van der Waals surface area contributed by atoms with E-state index in [-0.39, 0.29) is 0 Å². The minimum absolute atomic E-state index is 0.371. The fraction of sp³-hybridized carbons (Fsp3) is 0.263.